The van der Waals surface area contributed by atoms with Crippen LogP contribution in [0.25, 0.3) is 0 Å². The normalized spacial score (nSPS) is 18.2. The molecule has 0 spiro atoms. The van der Waals surface area contributed by atoms with E-state index in [0.29, 0.717) is 19.0 Å². The first-order valence-electron chi connectivity index (χ1n) is 11.2. The molecule has 1 amide bonds. The first kappa shape index (κ1) is 24.2. The van der Waals surface area contributed by atoms with Gasteiger partial charge in [0, 0.05) is 64.1 Å². The number of nitrogens with zero attached hydrogens (tertiary/aromatic N) is 6. The first-order chi connectivity index (χ1) is 16.2. The summed E-state index contributed by atoms with van der Waals surface area (Å²) in [5, 5.41) is 0. The number of primary amides is 1. The van der Waals surface area contributed by atoms with Crippen molar-refractivity contribution < 1.29 is 17.9 Å². The fraction of sp³-hybridized carbons (Fsp3) is 0.500. The predicted molar refractivity (Wildman–Crippen MR) is 129 cm³/mol. The summed E-state index contributed by atoms with van der Waals surface area (Å²) in [6.07, 6.45) is 0. The first-order valence-corrected chi connectivity index (χ1v) is 12.6. The molecule has 1 aromatic heterocycles. The van der Waals surface area contributed by atoms with E-state index in [-0.39, 0.29) is 29.3 Å². The lowest BCUT2D eigenvalue weighted by Gasteiger charge is -2.36. The van der Waals surface area contributed by atoms with Gasteiger partial charge in [0.25, 0.3) is 5.91 Å². The van der Waals surface area contributed by atoms with Gasteiger partial charge in [-0.15, -0.1) is 0 Å². The van der Waals surface area contributed by atoms with E-state index in [1.165, 1.54) is 29.6 Å². The number of anilines is 2. The molecule has 2 aliphatic heterocycles. The van der Waals surface area contributed by atoms with Crippen molar-refractivity contribution in [2.75, 3.05) is 76.3 Å². The number of sulfonamides is 1. The summed E-state index contributed by atoms with van der Waals surface area (Å²) in [6, 6.07) is 6.15. The van der Waals surface area contributed by atoms with Crippen molar-refractivity contribution in [3.8, 4) is 5.75 Å². The van der Waals surface area contributed by atoms with Crippen LogP contribution in [0, 0.1) is 6.92 Å². The number of amides is 1. The molecule has 0 unspecified atom stereocenters. The van der Waals surface area contributed by atoms with Gasteiger partial charge in [-0.3, -0.25) is 4.79 Å². The number of hydrogen-bond acceptors (Lipinski definition) is 9. The summed E-state index contributed by atoms with van der Waals surface area (Å²) < 4.78 is 33.0. The average Bonchev–Trinajstić information content (AvgIpc) is 2.83. The third-order valence-electron chi connectivity index (χ3n) is 6.25. The Kier molecular flexibility index (Phi) is 6.91. The van der Waals surface area contributed by atoms with Gasteiger partial charge in [0.15, 0.2) is 0 Å². The highest BCUT2D eigenvalue weighted by Gasteiger charge is 2.31. The number of likely N-dealkylation sites (N-methyl/N-ethyl adjacent to an activating group) is 1. The molecule has 2 saturated heterocycles. The number of methoxy groups -OCH3 is 1. The lowest BCUT2D eigenvalue weighted by Crippen LogP contribution is -2.49. The van der Waals surface area contributed by atoms with Crippen LogP contribution in [0.15, 0.2) is 29.2 Å². The highest BCUT2D eigenvalue weighted by molar-refractivity contribution is 7.89. The Morgan fingerprint density at radius 3 is 2.24 bits per heavy atom. The largest absolute Gasteiger partial charge is 0.496 e. The molecular formula is C22H31N7O4S. The molecule has 1 aromatic carbocycles. The molecule has 2 fully saturated rings. The Labute approximate surface area is 200 Å². The summed E-state index contributed by atoms with van der Waals surface area (Å²) in [4.78, 5) is 27.7. The number of carbonyl (C=O) groups excluding carboxylic acids is 1. The summed E-state index contributed by atoms with van der Waals surface area (Å²) in [5.41, 5.74) is 6.31. The van der Waals surface area contributed by atoms with Gasteiger partial charge < -0.3 is 25.2 Å². The summed E-state index contributed by atoms with van der Waals surface area (Å²) >= 11 is 0. The van der Waals surface area contributed by atoms with Crippen molar-refractivity contribution in [3.05, 3.63) is 35.5 Å². The third-order valence-corrected chi connectivity index (χ3v) is 8.15. The molecule has 2 N–H and O–H groups in total. The van der Waals surface area contributed by atoms with Crippen molar-refractivity contribution in [3.63, 3.8) is 0 Å². The minimum absolute atomic E-state index is 0.0136. The minimum atomic E-state index is -3.80. The Morgan fingerprint density at radius 2 is 1.62 bits per heavy atom. The summed E-state index contributed by atoms with van der Waals surface area (Å²) in [7, 11) is -0.284. The van der Waals surface area contributed by atoms with E-state index >= 15 is 0 Å². The van der Waals surface area contributed by atoms with E-state index in [9.17, 15) is 13.2 Å². The number of aryl methyl sites for hydroxylation is 1. The number of piperazine rings is 2. The zero-order valence-electron chi connectivity index (χ0n) is 19.8. The van der Waals surface area contributed by atoms with E-state index in [4.69, 9.17) is 15.5 Å². The zero-order chi connectivity index (χ0) is 24.5. The molecule has 0 saturated carbocycles. The van der Waals surface area contributed by atoms with Crippen LogP contribution in [0.2, 0.25) is 0 Å². The van der Waals surface area contributed by atoms with Gasteiger partial charge in [-0.25, -0.2) is 13.4 Å². The number of nitrogens with two attached hydrogens (primary N) is 1. The molecule has 4 rings (SSSR count). The second-order valence-corrected chi connectivity index (χ2v) is 10.5. The zero-order valence-corrected chi connectivity index (χ0v) is 20.6. The number of hydrogen-bond donors (Lipinski definition) is 1. The lowest BCUT2D eigenvalue weighted by molar-refractivity contribution is 0.0997. The molecule has 0 radical (unpaired) electrons. The van der Waals surface area contributed by atoms with E-state index in [1.54, 1.807) is 0 Å². The number of aromatic nitrogens is 2. The SMILES string of the molecule is COc1ccc(S(=O)(=O)N2CCN(c3nc(C)cc(N4CCN(C)CC4)n3)CC2)cc1C(N)=O. The van der Waals surface area contributed by atoms with Gasteiger partial charge in [0.05, 0.1) is 17.6 Å². The highest BCUT2D eigenvalue weighted by Crippen LogP contribution is 2.26. The highest BCUT2D eigenvalue weighted by atomic mass is 32.2. The minimum Gasteiger partial charge on any atom is -0.496 e. The van der Waals surface area contributed by atoms with Crippen molar-refractivity contribution >= 4 is 27.7 Å². The van der Waals surface area contributed by atoms with Gasteiger partial charge in [0.1, 0.15) is 11.6 Å². The van der Waals surface area contributed by atoms with Gasteiger partial charge in [0.2, 0.25) is 16.0 Å². The maximum Gasteiger partial charge on any atom is 0.252 e. The Bertz CT molecular complexity index is 1160. The molecule has 12 heteroatoms. The number of rotatable bonds is 6. The molecule has 0 atom stereocenters. The van der Waals surface area contributed by atoms with Crippen molar-refractivity contribution in [1.82, 2.24) is 19.2 Å². The second kappa shape index (κ2) is 9.72. The summed E-state index contributed by atoms with van der Waals surface area (Å²) in [5.74, 6) is 1.02. The van der Waals surface area contributed by atoms with Crippen LogP contribution in [0.4, 0.5) is 11.8 Å². The van der Waals surface area contributed by atoms with E-state index in [0.717, 1.165) is 37.7 Å². The molecule has 3 heterocycles. The van der Waals surface area contributed by atoms with Crippen LogP contribution in [-0.2, 0) is 10.0 Å². The third kappa shape index (κ3) is 4.93. The Hall–Kier alpha value is -2.96. The molecular weight excluding hydrogens is 458 g/mol. The van der Waals surface area contributed by atoms with E-state index in [2.05, 4.69) is 21.8 Å². The number of ether oxygens (including phenoxy) is 1. The van der Waals surface area contributed by atoms with Crippen LogP contribution in [0.5, 0.6) is 5.75 Å². The van der Waals surface area contributed by atoms with Crippen LogP contribution in [0.1, 0.15) is 16.1 Å². The lowest BCUT2D eigenvalue weighted by atomic mass is 10.2. The number of carbonyl (C=O) groups is 1. The second-order valence-electron chi connectivity index (χ2n) is 8.58. The van der Waals surface area contributed by atoms with E-state index in [1.807, 2.05) is 17.9 Å². The van der Waals surface area contributed by atoms with Crippen LogP contribution >= 0.6 is 0 Å². The van der Waals surface area contributed by atoms with Crippen molar-refractivity contribution in [2.24, 2.45) is 5.73 Å². The van der Waals surface area contributed by atoms with Gasteiger partial charge in [-0.05, 0) is 32.2 Å². The topological polar surface area (TPSA) is 125 Å². The van der Waals surface area contributed by atoms with Crippen molar-refractivity contribution in [1.29, 1.82) is 0 Å². The monoisotopic (exact) mass is 489 g/mol. The number of benzene rings is 1. The average molecular weight is 490 g/mol. The fourth-order valence-corrected chi connectivity index (χ4v) is 5.64. The predicted octanol–water partition coefficient (Wildman–Crippen LogP) is 0.155. The van der Waals surface area contributed by atoms with Gasteiger partial charge in [-0.1, -0.05) is 0 Å². The van der Waals surface area contributed by atoms with Crippen molar-refractivity contribution in [2.45, 2.75) is 11.8 Å². The fourth-order valence-electron chi connectivity index (χ4n) is 4.19. The molecule has 34 heavy (non-hydrogen) atoms. The Balaban J connectivity index is 1.48. The van der Waals surface area contributed by atoms with E-state index < -0.39 is 15.9 Å². The maximum absolute atomic E-state index is 13.2. The van der Waals surface area contributed by atoms with Gasteiger partial charge in [-0.2, -0.15) is 9.29 Å². The van der Waals surface area contributed by atoms with Gasteiger partial charge >= 0.3 is 0 Å². The molecule has 11 nitrogen and oxygen atoms in total. The van der Waals surface area contributed by atoms with Crippen LogP contribution < -0.4 is 20.3 Å². The molecule has 2 aromatic rings. The van der Waals surface area contributed by atoms with Crippen LogP contribution in [-0.4, -0.2) is 100 Å². The molecule has 0 aliphatic carbocycles. The smallest absolute Gasteiger partial charge is 0.252 e. The van der Waals surface area contributed by atoms with Crippen LogP contribution in [0.3, 0.4) is 0 Å². The maximum atomic E-state index is 13.2. The molecule has 0 bridgehead atoms. The molecule has 184 valence electrons. The Morgan fingerprint density at radius 1 is 0.971 bits per heavy atom. The quantitative estimate of drug-likeness (QED) is 0.604. The standard InChI is InChI=1S/C22H31N7O4S/c1-16-14-20(27-8-6-26(2)7-9-27)25-22(24-16)28-10-12-29(13-11-28)34(31,32)17-4-5-19(33-3)18(15-17)21(23)30/h4-5,14-15H,6-13H2,1-3H3,(H2,23,30). The summed E-state index contributed by atoms with van der Waals surface area (Å²) in [6.45, 7) is 7.22. The molecule has 2 aliphatic rings.